The second-order valence-electron chi connectivity index (χ2n) is 7.26. The van der Waals surface area contributed by atoms with Gasteiger partial charge in [0.05, 0.1) is 18.6 Å². The number of thioether (sulfide) groups is 1. The molecular formula is C20H20FN3O2S. The number of aliphatic imine (C=N–C) groups is 1. The Kier molecular flexibility index (Phi) is 3.91. The molecule has 0 bridgehead atoms. The van der Waals surface area contributed by atoms with Crippen LogP contribution in [0.1, 0.15) is 18.9 Å². The Labute approximate surface area is 161 Å². The minimum atomic E-state index is -0.512. The highest BCUT2D eigenvalue weighted by Crippen LogP contribution is 2.54. The van der Waals surface area contributed by atoms with Crippen LogP contribution in [0.2, 0.25) is 0 Å². The summed E-state index contributed by atoms with van der Waals surface area (Å²) in [6.07, 6.45) is 2.32. The SMILES string of the molecule is CC1OCCC2Oc3ccc(-c4cccnc4F)cc3[C@@]3(CSC(N)=N3)[C@@H]12. The van der Waals surface area contributed by atoms with Gasteiger partial charge in [0.25, 0.3) is 0 Å². The molecule has 0 amide bonds. The van der Waals surface area contributed by atoms with Gasteiger partial charge in [-0.15, -0.1) is 0 Å². The fourth-order valence-corrected chi connectivity index (χ4v) is 5.63. The number of hydrogen-bond acceptors (Lipinski definition) is 6. The van der Waals surface area contributed by atoms with Crippen LogP contribution in [0.25, 0.3) is 11.1 Å². The van der Waals surface area contributed by atoms with Crippen molar-refractivity contribution in [2.75, 3.05) is 12.4 Å². The third-order valence-electron chi connectivity index (χ3n) is 5.79. The van der Waals surface area contributed by atoms with Crippen molar-refractivity contribution in [2.45, 2.75) is 31.1 Å². The van der Waals surface area contributed by atoms with Crippen LogP contribution in [-0.4, -0.2) is 34.7 Å². The summed E-state index contributed by atoms with van der Waals surface area (Å²) >= 11 is 1.56. The van der Waals surface area contributed by atoms with Crippen molar-refractivity contribution in [1.82, 2.24) is 4.98 Å². The van der Waals surface area contributed by atoms with Gasteiger partial charge in [-0.05, 0) is 36.8 Å². The molecule has 0 radical (unpaired) electrons. The zero-order chi connectivity index (χ0) is 18.6. The van der Waals surface area contributed by atoms with Crippen molar-refractivity contribution >= 4 is 16.9 Å². The van der Waals surface area contributed by atoms with E-state index in [1.54, 1.807) is 23.9 Å². The minimum absolute atomic E-state index is 0.00549. The van der Waals surface area contributed by atoms with Crippen LogP contribution in [0, 0.1) is 11.9 Å². The monoisotopic (exact) mass is 385 g/mol. The number of ether oxygens (including phenoxy) is 2. The number of hydrogen-bond donors (Lipinski definition) is 1. The molecule has 1 aromatic heterocycles. The predicted molar refractivity (Wildman–Crippen MR) is 103 cm³/mol. The maximum Gasteiger partial charge on any atom is 0.220 e. The summed E-state index contributed by atoms with van der Waals surface area (Å²) in [5.74, 6) is 1.13. The van der Waals surface area contributed by atoms with Crippen molar-refractivity contribution in [3.05, 3.63) is 48.0 Å². The average molecular weight is 385 g/mol. The van der Waals surface area contributed by atoms with Crippen LogP contribution in [0.4, 0.5) is 4.39 Å². The summed E-state index contributed by atoms with van der Waals surface area (Å²) in [6, 6.07) is 9.25. The number of halogens is 1. The number of pyridine rings is 1. The van der Waals surface area contributed by atoms with Crippen molar-refractivity contribution in [3.63, 3.8) is 0 Å². The molecule has 4 atom stereocenters. The molecule has 2 N–H and O–H groups in total. The van der Waals surface area contributed by atoms with E-state index in [-0.39, 0.29) is 18.1 Å². The van der Waals surface area contributed by atoms with E-state index in [2.05, 4.69) is 11.9 Å². The van der Waals surface area contributed by atoms with Crippen molar-refractivity contribution in [3.8, 4) is 16.9 Å². The Balaban J connectivity index is 1.70. The molecule has 0 aliphatic carbocycles. The molecule has 3 aliphatic heterocycles. The van der Waals surface area contributed by atoms with Crippen molar-refractivity contribution < 1.29 is 13.9 Å². The third kappa shape index (κ3) is 2.56. The van der Waals surface area contributed by atoms with Gasteiger partial charge in [0, 0.05) is 29.5 Å². The van der Waals surface area contributed by atoms with Gasteiger partial charge in [-0.2, -0.15) is 4.39 Å². The molecule has 1 aromatic carbocycles. The number of nitrogens with two attached hydrogens (primary N) is 1. The summed E-state index contributed by atoms with van der Waals surface area (Å²) in [7, 11) is 0. The van der Waals surface area contributed by atoms with Crippen molar-refractivity contribution in [2.24, 2.45) is 16.6 Å². The fourth-order valence-electron chi connectivity index (χ4n) is 4.62. The zero-order valence-corrected chi connectivity index (χ0v) is 15.7. The topological polar surface area (TPSA) is 69.7 Å². The summed E-state index contributed by atoms with van der Waals surface area (Å²) in [5.41, 5.74) is 7.77. The first-order chi connectivity index (χ1) is 13.1. The van der Waals surface area contributed by atoms with Crippen LogP contribution in [0.3, 0.4) is 0 Å². The van der Waals surface area contributed by atoms with Crippen LogP contribution >= 0.6 is 11.8 Å². The number of rotatable bonds is 1. The quantitative estimate of drug-likeness (QED) is 0.763. The molecular weight excluding hydrogens is 365 g/mol. The van der Waals surface area contributed by atoms with E-state index >= 15 is 0 Å². The lowest BCUT2D eigenvalue weighted by molar-refractivity contribution is -0.108. The molecule has 0 saturated carbocycles. The lowest BCUT2D eigenvalue weighted by Crippen LogP contribution is -2.55. The molecule has 2 unspecified atom stereocenters. The second-order valence-corrected chi connectivity index (χ2v) is 8.26. The first-order valence-corrected chi connectivity index (χ1v) is 10.1. The largest absolute Gasteiger partial charge is 0.489 e. The average Bonchev–Trinajstić information content (AvgIpc) is 3.04. The Morgan fingerprint density at radius 3 is 3.00 bits per heavy atom. The maximum atomic E-state index is 14.3. The molecule has 27 heavy (non-hydrogen) atoms. The van der Waals surface area contributed by atoms with Gasteiger partial charge >= 0.3 is 0 Å². The standard InChI is InChI=1S/C20H20FN3O2S/c1-11-17-16(6-8-25-11)26-15-5-4-12(13-3-2-7-23-18(13)21)9-14(15)20(17)10-27-19(22)24-20/h2-5,7,9,11,16-17H,6,8,10H2,1H3,(H2,22,24)/t11?,16?,17-,20-/m0/s1. The van der Waals surface area contributed by atoms with E-state index in [1.807, 2.05) is 18.2 Å². The summed E-state index contributed by atoms with van der Waals surface area (Å²) in [5, 5.41) is 0.581. The first kappa shape index (κ1) is 17.0. The molecule has 5 nitrogen and oxygen atoms in total. The van der Waals surface area contributed by atoms with Crippen molar-refractivity contribution in [1.29, 1.82) is 0 Å². The Morgan fingerprint density at radius 2 is 2.22 bits per heavy atom. The van der Waals surface area contributed by atoms with Crippen LogP contribution in [0.5, 0.6) is 5.75 Å². The Morgan fingerprint density at radius 1 is 1.33 bits per heavy atom. The molecule has 5 rings (SSSR count). The second kappa shape index (κ2) is 6.21. The van der Waals surface area contributed by atoms with Gasteiger partial charge in [-0.1, -0.05) is 17.8 Å². The molecule has 1 spiro atoms. The van der Waals surface area contributed by atoms with Crippen LogP contribution in [0.15, 0.2) is 41.5 Å². The maximum absolute atomic E-state index is 14.3. The smallest absolute Gasteiger partial charge is 0.220 e. The normalized spacial score (nSPS) is 31.8. The number of fused-ring (bicyclic) bond motifs is 4. The molecule has 1 fully saturated rings. The first-order valence-electron chi connectivity index (χ1n) is 9.10. The van der Waals surface area contributed by atoms with Crippen LogP contribution < -0.4 is 10.5 Å². The number of aromatic nitrogens is 1. The molecule has 1 saturated heterocycles. The fraction of sp³-hybridized carbons (Fsp3) is 0.400. The lowest BCUT2D eigenvalue weighted by Gasteiger charge is -2.49. The van der Waals surface area contributed by atoms with Gasteiger partial charge < -0.3 is 15.2 Å². The molecule has 2 aromatic rings. The Bertz CT molecular complexity index is 937. The Hall–Kier alpha value is -2.12. The molecule has 140 valence electrons. The number of amidine groups is 1. The van der Waals surface area contributed by atoms with Gasteiger partial charge in [-0.25, -0.2) is 9.98 Å². The number of benzene rings is 1. The van der Waals surface area contributed by atoms with E-state index in [9.17, 15) is 4.39 Å². The summed E-state index contributed by atoms with van der Waals surface area (Å²) < 4.78 is 26.5. The van der Waals surface area contributed by atoms with Crippen LogP contribution in [-0.2, 0) is 10.3 Å². The lowest BCUT2D eigenvalue weighted by atomic mass is 9.70. The highest BCUT2D eigenvalue weighted by molar-refractivity contribution is 8.14. The third-order valence-corrected chi connectivity index (χ3v) is 6.76. The minimum Gasteiger partial charge on any atom is -0.489 e. The number of nitrogens with zero attached hydrogens (tertiary/aromatic N) is 2. The predicted octanol–water partition coefficient (Wildman–Crippen LogP) is 3.33. The van der Waals surface area contributed by atoms with Gasteiger partial charge in [0.2, 0.25) is 5.95 Å². The molecule has 7 heteroatoms. The summed E-state index contributed by atoms with van der Waals surface area (Å²) in [6.45, 7) is 2.76. The highest BCUT2D eigenvalue weighted by atomic mass is 32.2. The van der Waals surface area contributed by atoms with E-state index in [0.29, 0.717) is 17.3 Å². The molecule has 4 heterocycles. The highest BCUT2D eigenvalue weighted by Gasteiger charge is 2.56. The summed E-state index contributed by atoms with van der Waals surface area (Å²) in [4.78, 5) is 8.68. The van der Waals surface area contributed by atoms with E-state index in [1.165, 1.54) is 6.20 Å². The van der Waals surface area contributed by atoms with E-state index < -0.39 is 11.5 Å². The molecule has 3 aliphatic rings. The van der Waals surface area contributed by atoms with Gasteiger partial charge in [-0.3, -0.25) is 0 Å². The van der Waals surface area contributed by atoms with E-state index in [0.717, 1.165) is 29.1 Å². The van der Waals surface area contributed by atoms with Gasteiger partial charge in [0.1, 0.15) is 17.4 Å². The van der Waals surface area contributed by atoms with E-state index in [4.69, 9.17) is 20.2 Å². The zero-order valence-electron chi connectivity index (χ0n) is 14.9. The van der Waals surface area contributed by atoms with Gasteiger partial charge in [0.15, 0.2) is 5.17 Å².